The number of benzene rings is 2. The van der Waals surface area contributed by atoms with Gasteiger partial charge in [-0.3, -0.25) is 25.0 Å². The fourth-order valence-corrected chi connectivity index (χ4v) is 1.99. The van der Waals surface area contributed by atoms with E-state index in [1.54, 1.807) is 6.07 Å². The number of non-ortho nitro benzene ring substituents is 2. The Hall–Kier alpha value is -3.75. The van der Waals surface area contributed by atoms with Gasteiger partial charge in [0.1, 0.15) is 5.75 Å². The summed E-state index contributed by atoms with van der Waals surface area (Å²) in [6, 6.07) is 9.59. The smallest absolute Gasteiger partial charge is 0.273 e. The highest BCUT2D eigenvalue weighted by atomic mass is 16.6. The van der Waals surface area contributed by atoms with Crippen LogP contribution in [0.1, 0.15) is 5.56 Å². The summed E-state index contributed by atoms with van der Waals surface area (Å²) in [4.78, 5) is 32.3. The lowest BCUT2D eigenvalue weighted by Crippen LogP contribution is -2.09. The second-order valence-corrected chi connectivity index (χ2v) is 4.82. The van der Waals surface area contributed by atoms with Gasteiger partial charge in [-0.05, 0) is 17.7 Å². The number of methoxy groups -OCH3 is 1. The first kappa shape index (κ1) is 17.6. The average molecular weight is 343 g/mol. The number of nitrogens with one attached hydrogen (secondary N) is 1. The summed E-state index contributed by atoms with van der Waals surface area (Å²) < 4.78 is 5.02. The van der Waals surface area contributed by atoms with E-state index in [0.717, 1.165) is 0 Å². The molecule has 1 amide bonds. The van der Waals surface area contributed by atoms with E-state index in [0.29, 0.717) is 5.56 Å². The maximum Gasteiger partial charge on any atom is 0.273 e. The molecule has 0 bridgehead atoms. The van der Waals surface area contributed by atoms with Crippen LogP contribution in [0.2, 0.25) is 0 Å². The van der Waals surface area contributed by atoms with Crippen molar-refractivity contribution in [2.75, 3.05) is 12.4 Å². The number of nitrogens with zero attached hydrogens (tertiary/aromatic N) is 2. The minimum Gasteiger partial charge on any atom is -0.494 e. The molecule has 0 radical (unpaired) electrons. The maximum atomic E-state index is 12.0. The summed E-state index contributed by atoms with van der Waals surface area (Å²) >= 11 is 0. The van der Waals surface area contributed by atoms with Crippen molar-refractivity contribution in [3.8, 4) is 5.75 Å². The molecule has 0 saturated heterocycles. The maximum absolute atomic E-state index is 12.0. The van der Waals surface area contributed by atoms with Crippen LogP contribution < -0.4 is 10.1 Å². The summed E-state index contributed by atoms with van der Waals surface area (Å²) in [5.41, 5.74) is 0.503. The Morgan fingerprint density at radius 3 is 2.40 bits per heavy atom. The molecule has 0 spiro atoms. The molecule has 0 saturated carbocycles. The summed E-state index contributed by atoms with van der Waals surface area (Å²) in [5.74, 6) is -0.370. The number of ether oxygens (including phenoxy) is 1. The third-order valence-electron chi connectivity index (χ3n) is 3.16. The van der Waals surface area contributed by atoms with Gasteiger partial charge in [-0.1, -0.05) is 12.1 Å². The monoisotopic (exact) mass is 343 g/mol. The zero-order valence-electron chi connectivity index (χ0n) is 13.0. The highest BCUT2D eigenvalue weighted by Crippen LogP contribution is 2.29. The van der Waals surface area contributed by atoms with Crippen LogP contribution in [0.15, 0.2) is 48.5 Å². The van der Waals surface area contributed by atoms with E-state index in [4.69, 9.17) is 4.74 Å². The molecule has 2 aromatic carbocycles. The molecule has 1 N–H and O–H groups in total. The van der Waals surface area contributed by atoms with E-state index in [-0.39, 0.29) is 22.8 Å². The summed E-state index contributed by atoms with van der Waals surface area (Å²) in [6.07, 6.45) is 2.61. The number of nitro groups is 2. The van der Waals surface area contributed by atoms with Crippen LogP contribution in [-0.4, -0.2) is 22.9 Å². The van der Waals surface area contributed by atoms with Crippen molar-refractivity contribution >= 4 is 29.0 Å². The lowest BCUT2D eigenvalue weighted by Gasteiger charge is -2.08. The number of anilines is 1. The Bertz CT molecular complexity index is 863. The number of hydrogen-bond acceptors (Lipinski definition) is 6. The largest absolute Gasteiger partial charge is 0.494 e. The molecule has 0 fully saturated rings. The van der Waals surface area contributed by atoms with Crippen molar-refractivity contribution in [2.24, 2.45) is 0 Å². The highest BCUT2D eigenvalue weighted by molar-refractivity contribution is 6.02. The number of nitro benzene ring substituents is 2. The van der Waals surface area contributed by atoms with Gasteiger partial charge < -0.3 is 10.1 Å². The molecule has 0 aliphatic heterocycles. The van der Waals surface area contributed by atoms with Crippen LogP contribution in [0.5, 0.6) is 5.75 Å². The van der Waals surface area contributed by atoms with Gasteiger partial charge in [0.15, 0.2) is 0 Å². The molecule has 128 valence electrons. The van der Waals surface area contributed by atoms with E-state index < -0.39 is 15.8 Å². The first-order valence-corrected chi connectivity index (χ1v) is 6.96. The van der Waals surface area contributed by atoms with Crippen molar-refractivity contribution in [2.45, 2.75) is 0 Å². The molecule has 0 aromatic heterocycles. The first-order valence-electron chi connectivity index (χ1n) is 6.96. The van der Waals surface area contributed by atoms with Gasteiger partial charge in [-0.25, -0.2) is 0 Å². The SMILES string of the molecule is COc1cc([N+](=O)[O-])ccc1NC(=O)/C=C/c1cccc([N+](=O)[O-])c1. The van der Waals surface area contributed by atoms with Gasteiger partial charge in [-0.15, -0.1) is 0 Å². The third-order valence-corrected chi connectivity index (χ3v) is 3.16. The van der Waals surface area contributed by atoms with Crippen molar-refractivity contribution in [3.63, 3.8) is 0 Å². The van der Waals surface area contributed by atoms with Crippen LogP contribution in [0.4, 0.5) is 17.1 Å². The van der Waals surface area contributed by atoms with Crippen molar-refractivity contribution in [3.05, 3.63) is 74.3 Å². The van der Waals surface area contributed by atoms with E-state index >= 15 is 0 Å². The second kappa shape index (κ2) is 7.68. The van der Waals surface area contributed by atoms with Crippen LogP contribution in [0, 0.1) is 20.2 Å². The van der Waals surface area contributed by atoms with E-state index in [9.17, 15) is 25.0 Å². The molecule has 0 aliphatic rings. The van der Waals surface area contributed by atoms with Gasteiger partial charge in [0.25, 0.3) is 11.4 Å². The van der Waals surface area contributed by atoms with E-state index in [1.165, 1.54) is 55.7 Å². The molecule has 25 heavy (non-hydrogen) atoms. The molecule has 9 heteroatoms. The van der Waals surface area contributed by atoms with Gasteiger partial charge in [0.2, 0.25) is 5.91 Å². The summed E-state index contributed by atoms with van der Waals surface area (Å²) in [7, 11) is 1.33. The zero-order chi connectivity index (χ0) is 18.4. The normalized spacial score (nSPS) is 10.4. The quantitative estimate of drug-likeness (QED) is 0.488. The molecule has 2 aromatic rings. The molecule has 0 unspecified atom stereocenters. The van der Waals surface area contributed by atoms with Crippen LogP contribution in [0.25, 0.3) is 6.08 Å². The van der Waals surface area contributed by atoms with E-state index in [2.05, 4.69) is 5.32 Å². The molecule has 0 aliphatic carbocycles. The van der Waals surface area contributed by atoms with Crippen LogP contribution >= 0.6 is 0 Å². The number of carbonyl (C=O) groups excluding carboxylic acids is 1. The van der Waals surface area contributed by atoms with Gasteiger partial charge >= 0.3 is 0 Å². The predicted octanol–water partition coefficient (Wildman–Crippen LogP) is 3.16. The fourth-order valence-electron chi connectivity index (χ4n) is 1.99. The summed E-state index contributed by atoms with van der Waals surface area (Å²) in [5, 5.41) is 24.0. The Labute approximate surface area is 141 Å². The van der Waals surface area contributed by atoms with Crippen molar-refractivity contribution in [1.82, 2.24) is 0 Å². The topological polar surface area (TPSA) is 125 Å². The molecule has 0 atom stereocenters. The molecule has 0 heterocycles. The highest BCUT2D eigenvalue weighted by Gasteiger charge is 2.12. The van der Waals surface area contributed by atoms with E-state index in [1.807, 2.05) is 0 Å². The van der Waals surface area contributed by atoms with Crippen molar-refractivity contribution < 1.29 is 19.4 Å². The fraction of sp³-hybridized carbons (Fsp3) is 0.0625. The predicted molar refractivity (Wildman–Crippen MR) is 90.4 cm³/mol. The van der Waals surface area contributed by atoms with Crippen molar-refractivity contribution in [1.29, 1.82) is 0 Å². The Kier molecular flexibility index (Phi) is 5.41. The molecular formula is C16H13N3O6. The average Bonchev–Trinajstić information content (AvgIpc) is 2.60. The standard InChI is InChI=1S/C16H13N3O6/c1-25-15-10-13(19(23)24)6-7-14(15)17-16(20)8-5-11-3-2-4-12(9-11)18(21)22/h2-10H,1H3,(H,17,20)/b8-5+. The second-order valence-electron chi connectivity index (χ2n) is 4.82. The van der Waals surface area contributed by atoms with Gasteiger partial charge in [0, 0.05) is 24.3 Å². The number of rotatable bonds is 6. The third kappa shape index (κ3) is 4.61. The van der Waals surface area contributed by atoms with Crippen LogP contribution in [-0.2, 0) is 4.79 Å². The molecule has 2 rings (SSSR count). The molecular weight excluding hydrogens is 330 g/mol. The summed E-state index contributed by atoms with van der Waals surface area (Å²) in [6.45, 7) is 0. The van der Waals surface area contributed by atoms with Gasteiger partial charge in [-0.2, -0.15) is 0 Å². The molecule has 9 nitrogen and oxygen atoms in total. The van der Waals surface area contributed by atoms with Gasteiger partial charge in [0.05, 0.1) is 28.7 Å². The minimum absolute atomic E-state index is 0.0837. The Morgan fingerprint density at radius 1 is 1.08 bits per heavy atom. The lowest BCUT2D eigenvalue weighted by molar-refractivity contribution is -0.385. The zero-order valence-corrected chi connectivity index (χ0v) is 13.0. The Morgan fingerprint density at radius 2 is 1.76 bits per heavy atom. The minimum atomic E-state index is -0.573. The first-order chi connectivity index (χ1) is 11.9. The lowest BCUT2D eigenvalue weighted by atomic mass is 10.2. The Balaban J connectivity index is 2.13. The number of amides is 1. The number of hydrogen-bond donors (Lipinski definition) is 1. The van der Waals surface area contributed by atoms with Crippen LogP contribution in [0.3, 0.4) is 0 Å². The number of carbonyl (C=O) groups is 1.